The summed E-state index contributed by atoms with van der Waals surface area (Å²) < 4.78 is 262. The highest BCUT2D eigenvalue weighted by Crippen LogP contribution is 2.81. The minimum atomic E-state index is -9.46. The summed E-state index contributed by atoms with van der Waals surface area (Å²) in [5, 5.41) is 0. The van der Waals surface area contributed by atoms with Crippen molar-refractivity contribution in [2.75, 3.05) is 0 Å². The van der Waals surface area contributed by atoms with Crippen LogP contribution in [0.25, 0.3) is 0 Å². The molecule has 0 amide bonds. The van der Waals surface area contributed by atoms with Gasteiger partial charge >= 0.3 is 48.1 Å². The van der Waals surface area contributed by atoms with Gasteiger partial charge in [0.05, 0.1) is 0 Å². The molecule has 0 heterocycles. The maximum absolute atomic E-state index is 14.3. The summed E-state index contributed by atoms with van der Waals surface area (Å²) in [6.45, 7) is 0. The zero-order chi connectivity index (χ0) is 25.0. The molecule has 20 heteroatoms. The molecular formula is C10F20. The Morgan fingerprint density at radius 2 is 0.633 bits per heavy atom. The number of hydrogen-bond acceptors (Lipinski definition) is 0. The topological polar surface area (TPSA) is 0 Å². The standard InChI is InChI=1S/C10F20/c11-2(5(16,17)10(28,29)30)1(8(22,23)24,9(25,26)27)3(12,13)6(18,19)7(20,21)4(2,14)15. The lowest BCUT2D eigenvalue weighted by molar-refractivity contribution is -0.566. The van der Waals surface area contributed by atoms with E-state index < -0.39 is 59.2 Å². The molecule has 30 heavy (non-hydrogen) atoms. The van der Waals surface area contributed by atoms with Gasteiger partial charge in [-0.05, 0) is 0 Å². The van der Waals surface area contributed by atoms with Crippen molar-refractivity contribution in [2.24, 2.45) is 5.41 Å². The molecule has 1 fully saturated rings. The van der Waals surface area contributed by atoms with E-state index in [2.05, 4.69) is 0 Å². The summed E-state index contributed by atoms with van der Waals surface area (Å²) >= 11 is 0. The fraction of sp³-hybridized carbons (Fsp3) is 1.00. The van der Waals surface area contributed by atoms with Gasteiger partial charge in [0.25, 0.3) is 11.1 Å². The molecule has 1 aliphatic rings. The molecule has 0 spiro atoms. The van der Waals surface area contributed by atoms with E-state index in [0.717, 1.165) is 0 Å². The SMILES string of the molecule is FC(F)(F)C(F)(F)C1(F)C(F)(F)C(F)(F)C(F)(F)C(F)(F)C1(C(F)(F)F)C(F)(F)F. The zero-order valence-electron chi connectivity index (χ0n) is 12.6. The maximum atomic E-state index is 14.3. The smallest absolute Gasteiger partial charge is 0.228 e. The number of rotatable bonds is 1. The molecule has 0 saturated heterocycles. The van der Waals surface area contributed by atoms with E-state index in [0.29, 0.717) is 0 Å². The number of alkyl halides is 20. The molecule has 1 rings (SSSR count). The third-order valence-corrected chi connectivity index (χ3v) is 4.24. The molecule has 0 radical (unpaired) electrons. The second-order valence-electron chi connectivity index (χ2n) is 5.77. The number of hydrogen-bond donors (Lipinski definition) is 0. The van der Waals surface area contributed by atoms with E-state index in [4.69, 9.17) is 0 Å². The van der Waals surface area contributed by atoms with Crippen LogP contribution in [-0.2, 0) is 0 Å². The highest BCUT2D eigenvalue weighted by atomic mass is 19.4. The largest absolute Gasteiger partial charge is 0.457 e. The van der Waals surface area contributed by atoms with Gasteiger partial charge in [-0.2, -0.15) is 83.4 Å². The molecule has 180 valence electrons. The molecule has 1 saturated carbocycles. The van der Waals surface area contributed by atoms with E-state index in [1.165, 1.54) is 0 Å². The van der Waals surface area contributed by atoms with Crippen LogP contribution >= 0.6 is 0 Å². The van der Waals surface area contributed by atoms with Crippen molar-refractivity contribution in [3.8, 4) is 0 Å². The van der Waals surface area contributed by atoms with E-state index in [1.54, 1.807) is 0 Å². The lowest BCUT2D eigenvalue weighted by Gasteiger charge is -2.60. The van der Waals surface area contributed by atoms with Crippen molar-refractivity contribution in [3.05, 3.63) is 0 Å². The Morgan fingerprint density at radius 3 is 0.867 bits per heavy atom. The molecule has 1 aliphatic carbocycles. The Morgan fingerprint density at radius 1 is 0.367 bits per heavy atom. The van der Waals surface area contributed by atoms with Crippen molar-refractivity contribution in [1.82, 2.24) is 0 Å². The normalized spacial score (nSPS) is 30.8. The average molecular weight is 500 g/mol. The van der Waals surface area contributed by atoms with E-state index >= 15 is 0 Å². The van der Waals surface area contributed by atoms with Crippen LogP contribution in [0.1, 0.15) is 0 Å². The molecule has 0 aromatic carbocycles. The molecule has 0 nitrogen and oxygen atoms in total. The summed E-state index contributed by atoms with van der Waals surface area (Å²) in [5.41, 5.74) is -18.8. The van der Waals surface area contributed by atoms with Crippen LogP contribution in [0.3, 0.4) is 0 Å². The molecule has 0 aliphatic heterocycles. The quantitative estimate of drug-likeness (QED) is 0.358. The predicted molar refractivity (Wildman–Crippen MR) is 49.2 cm³/mol. The van der Waals surface area contributed by atoms with Crippen LogP contribution < -0.4 is 0 Å². The third-order valence-electron chi connectivity index (χ3n) is 4.24. The maximum Gasteiger partial charge on any atom is 0.457 e. The Labute approximate surface area is 148 Å². The van der Waals surface area contributed by atoms with Crippen LogP contribution in [0.2, 0.25) is 0 Å². The first-order valence-electron chi connectivity index (χ1n) is 6.28. The van der Waals surface area contributed by atoms with E-state index in [-0.39, 0.29) is 0 Å². The van der Waals surface area contributed by atoms with Crippen molar-refractivity contribution >= 4 is 0 Å². The molecule has 1 unspecified atom stereocenters. The summed E-state index contributed by atoms with van der Waals surface area (Å²) in [4.78, 5) is 0. The lowest BCUT2D eigenvalue weighted by Crippen LogP contribution is -2.93. The molecule has 0 aromatic heterocycles. The van der Waals surface area contributed by atoms with Gasteiger partial charge in [-0.25, -0.2) is 4.39 Å². The number of halogens is 20. The van der Waals surface area contributed by atoms with Gasteiger partial charge in [-0.15, -0.1) is 0 Å². The molecule has 1 atom stereocenters. The van der Waals surface area contributed by atoms with Gasteiger partial charge in [0, 0.05) is 0 Å². The van der Waals surface area contributed by atoms with Crippen molar-refractivity contribution in [2.45, 2.75) is 53.8 Å². The zero-order valence-corrected chi connectivity index (χ0v) is 12.6. The Bertz CT molecular complexity index is 672. The first-order chi connectivity index (χ1) is 12.5. The highest BCUT2D eigenvalue weighted by Gasteiger charge is 3.12. The minimum absolute atomic E-state index is 8.42. The van der Waals surface area contributed by atoms with Crippen LogP contribution in [0.15, 0.2) is 0 Å². The van der Waals surface area contributed by atoms with Crippen LogP contribution in [-0.4, -0.2) is 53.8 Å². The minimum Gasteiger partial charge on any atom is -0.228 e. The first kappa shape index (κ1) is 26.6. The molecule has 0 bridgehead atoms. The Hall–Kier alpha value is -1.40. The van der Waals surface area contributed by atoms with Crippen molar-refractivity contribution in [1.29, 1.82) is 0 Å². The van der Waals surface area contributed by atoms with Crippen molar-refractivity contribution in [3.63, 3.8) is 0 Å². The predicted octanol–water partition coefficient (Wildman–Crippen LogP) is 6.56. The second kappa shape index (κ2) is 5.69. The van der Waals surface area contributed by atoms with Gasteiger partial charge < -0.3 is 0 Å². The molecule has 0 N–H and O–H groups in total. The molecular weight excluding hydrogens is 500 g/mol. The Balaban J connectivity index is 4.64. The highest BCUT2D eigenvalue weighted by molar-refractivity contribution is 5.35. The van der Waals surface area contributed by atoms with E-state index in [1.807, 2.05) is 0 Å². The third kappa shape index (κ3) is 2.22. The van der Waals surface area contributed by atoms with Crippen LogP contribution in [0, 0.1) is 5.41 Å². The summed E-state index contributed by atoms with van der Waals surface area (Å²) in [5.74, 6) is -44.4. The van der Waals surface area contributed by atoms with Gasteiger partial charge in [0.1, 0.15) is 0 Å². The van der Waals surface area contributed by atoms with Gasteiger partial charge in [-0.1, -0.05) is 0 Å². The van der Waals surface area contributed by atoms with Crippen molar-refractivity contribution < 1.29 is 87.8 Å². The van der Waals surface area contributed by atoms with Gasteiger partial charge in [0.2, 0.25) is 0 Å². The second-order valence-corrected chi connectivity index (χ2v) is 5.77. The fourth-order valence-corrected chi connectivity index (χ4v) is 2.83. The van der Waals surface area contributed by atoms with Crippen LogP contribution in [0.4, 0.5) is 87.8 Å². The Kier molecular flexibility index (Phi) is 5.05. The molecule has 0 aromatic rings. The summed E-state index contributed by atoms with van der Waals surface area (Å²) in [6, 6.07) is 0. The lowest BCUT2D eigenvalue weighted by atomic mass is 9.53. The fourth-order valence-electron chi connectivity index (χ4n) is 2.83. The van der Waals surface area contributed by atoms with Crippen LogP contribution in [0.5, 0.6) is 0 Å². The van der Waals surface area contributed by atoms with Gasteiger partial charge in [0.15, 0.2) is 0 Å². The monoisotopic (exact) mass is 500 g/mol. The van der Waals surface area contributed by atoms with Gasteiger partial charge in [-0.3, -0.25) is 0 Å². The average Bonchev–Trinajstić information content (AvgIpc) is 2.40. The summed E-state index contributed by atoms with van der Waals surface area (Å²) in [6.07, 6.45) is -26.2. The first-order valence-corrected chi connectivity index (χ1v) is 6.28. The van der Waals surface area contributed by atoms with E-state index in [9.17, 15) is 87.8 Å². The summed E-state index contributed by atoms with van der Waals surface area (Å²) in [7, 11) is 0.